The zero-order chi connectivity index (χ0) is 11.0. The maximum absolute atomic E-state index is 5.50. The van der Waals surface area contributed by atoms with Crippen molar-refractivity contribution in [3.8, 4) is 0 Å². The highest BCUT2D eigenvalue weighted by Crippen LogP contribution is 1.85. The predicted octanol–water partition coefficient (Wildman–Crippen LogP) is 2.08. The molecule has 3 N–H and O–H groups in total. The SMILES string of the molecule is CCC(C)=NN/C(N)=N/N=C(\C)CC.I. The molecule has 0 spiro atoms. The molecule has 0 fully saturated rings. The van der Waals surface area contributed by atoms with Crippen LogP contribution < -0.4 is 11.2 Å². The van der Waals surface area contributed by atoms with Crippen LogP contribution in [0.1, 0.15) is 40.5 Å². The van der Waals surface area contributed by atoms with Crippen molar-refractivity contribution in [3.05, 3.63) is 0 Å². The molecule has 15 heavy (non-hydrogen) atoms. The van der Waals surface area contributed by atoms with Crippen LogP contribution in [-0.4, -0.2) is 17.4 Å². The van der Waals surface area contributed by atoms with Crippen molar-refractivity contribution in [1.82, 2.24) is 5.43 Å². The Bertz CT molecular complexity index is 257. The maximum Gasteiger partial charge on any atom is 0.234 e. The molecule has 0 saturated heterocycles. The van der Waals surface area contributed by atoms with Gasteiger partial charge in [0.2, 0.25) is 5.96 Å². The number of hydrogen-bond donors (Lipinski definition) is 2. The molecule has 0 aliphatic heterocycles. The molecule has 0 aliphatic carbocycles. The third-order valence-electron chi connectivity index (χ3n) is 1.71. The van der Waals surface area contributed by atoms with E-state index < -0.39 is 0 Å². The van der Waals surface area contributed by atoms with Crippen molar-refractivity contribution < 1.29 is 0 Å². The number of halogens is 1. The Balaban J connectivity index is 0. The van der Waals surface area contributed by atoms with Crippen LogP contribution in [0.3, 0.4) is 0 Å². The fourth-order valence-corrected chi connectivity index (χ4v) is 0.464. The van der Waals surface area contributed by atoms with E-state index in [1.54, 1.807) is 0 Å². The van der Waals surface area contributed by atoms with E-state index in [-0.39, 0.29) is 29.9 Å². The Kier molecular flexibility index (Phi) is 11.0. The zero-order valence-corrected chi connectivity index (χ0v) is 12.1. The van der Waals surface area contributed by atoms with Crippen molar-refractivity contribution >= 4 is 41.4 Å². The van der Waals surface area contributed by atoms with Crippen LogP contribution in [0.4, 0.5) is 0 Å². The third-order valence-corrected chi connectivity index (χ3v) is 1.71. The van der Waals surface area contributed by atoms with Gasteiger partial charge in [-0.3, -0.25) is 0 Å². The molecular weight excluding hydrogens is 305 g/mol. The minimum Gasteiger partial charge on any atom is -0.367 e. The van der Waals surface area contributed by atoms with Crippen LogP contribution in [0.25, 0.3) is 0 Å². The van der Waals surface area contributed by atoms with Gasteiger partial charge in [-0.05, 0) is 26.7 Å². The number of guanidine groups is 1. The number of nitrogens with zero attached hydrogens (tertiary/aromatic N) is 3. The number of nitrogens with two attached hydrogens (primary N) is 1. The first-order chi connectivity index (χ1) is 6.60. The first-order valence-corrected chi connectivity index (χ1v) is 4.75. The highest BCUT2D eigenvalue weighted by molar-refractivity contribution is 14.0. The van der Waals surface area contributed by atoms with Crippen LogP contribution >= 0.6 is 24.0 Å². The van der Waals surface area contributed by atoms with Gasteiger partial charge in [-0.2, -0.15) is 10.2 Å². The summed E-state index contributed by atoms with van der Waals surface area (Å²) in [5.74, 6) is 0.214. The molecule has 0 amide bonds. The molecule has 0 unspecified atom stereocenters. The van der Waals surface area contributed by atoms with Crippen molar-refractivity contribution in [3.63, 3.8) is 0 Å². The molecule has 0 aromatic rings. The molecule has 0 aromatic carbocycles. The van der Waals surface area contributed by atoms with Crippen molar-refractivity contribution in [2.45, 2.75) is 40.5 Å². The van der Waals surface area contributed by atoms with Gasteiger partial charge in [0.05, 0.1) is 0 Å². The Morgan fingerprint density at radius 3 is 2.07 bits per heavy atom. The van der Waals surface area contributed by atoms with Crippen LogP contribution in [0.15, 0.2) is 15.3 Å². The second-order valence-electron chi connectivity index (χ2n) is 2.99. The highest BCUT2D eigenvalue weighted by atomic mass is 127. The quantitative estimate of drug-likeness (QED) is 0.359. The van der Waals surface area contributed by atoms with Crippen LogP contribution in [0.2, 0.25) is 0 Å². The van der Waals surface area contributed by atoms with E-state index in [1.807, 2.05) is 27.7 Å². The van der Waals surface area contributed by atoms with Crippen molar-refractivity contribution in [1.29, 1.82) is 0 Å². The van der Waals surface area contributed by atoms with Gasteiger partial charge in [-0.25, -0.2) is 5.43 Å². The van der Waals surface area contributed by atoms with Gasteiger partial charge in [0, 0.05) is 11.4 Å². The van der Waals surface area contributed by atoms with E-state index in [4.69, 9.17) is 5.73 Å². The number of rotatable bonds is 4. The lowest BCUT2D eigenvalue weighted by Gasteiger charge is -1.98. The van der Waals surface area contributed by atoms with Gasteiger partial charge in [0.25, 0.3) is 0 Å². The summed E-state index contributed by atoms with van der Waals surface area (Å²) in [6, 6.07) is 0. The Hall–Kier alpha value is -0.660. The number of nitrogens with one attached hydrogen (secondary N) is 1. The highest BCUT2D eigenvalue weighted by Gasteiger charge is 1.89. The largest absolute Gasteiger partial charge is 0.367 e. The molecule has 0 aliphatic rings. The summed E-state index contributed by atoms with van der Waals surface area (Å²) >= 11 is 0. The van der Waals surface area contributed by atoms with Crippen molar-refractivity contribution in [2.75, 3.05) is 0 Å². The Morgan fingerprint density at radius 1 is 1.07 bits per heavy atom. The molecule has 5 nitrogen and oxygen atoms in total. The van der Waals surface area contributed by atoms with Gasteiger partial charge < -0.3 is 5.73 Å². The van der Waals surface area contributed by atoms with E-state index in [9.17, 15) is 0 Å². The molecule has 0 atom stereocenters. The molecule has 0 radical (unpaired) electrons. The average molecular weight is 325 g/mol. The minimum atomic E-state index is 0. The van der Waals surface area contributed by atoms with E-state index in [0.29, 0.717) is 0 Å². The molecule has 0 heterocycles. The summed E-state index contributed by atoms with van der Waals surface area (Å²) in [6.07, 6.45) is 1.76. The Morgan fingerprint density at radius 2 is 1.60 bits per heavy atom. The molecule has 0 rings (SSSR count). The summed E-state index contributed by atoms with van der Waals surface area (Å²) in [6.45, 7) is 7.85. The summed E-state index contributed by atoms with van der Waals surface area (Å²) in [5, 5.41) is 11.6. The third kappa shape index (κ3) is 9.64. The monoisotopic (exact) mass is 325 g/mol. The standard InChI is InChI=1S/C9H19N5.HI/c1-5-7(3)11-13-9(10)14-12-8(4)6-2;/h5-6H2,1-4H3,(H3,10,13,14);1H/b11-7+,12-8?;. The van der Waals surface area contributed by atoms with Crippen LogP contribution in [0.5, 0.6) is 0 Å². The topological polar surface area (TPSA) is 75.1 Å². The molecule has 88 valence electrons. The molecule has 0 bridgehead atoms. The molecule has 6 heteroatoms. The lowest BCUT2D eigenvalue weighted by Crippen LogP contribution is -2.27. The predicted molar refractivity (Wildman–Crippen MR) is 77.0 cm³/mol. The van der Waals surface area contributed by atoms with Gasteiger partial charge in [-0.1, -0.05) is 13.8 Å². The van der Waals surface area contributed by atoms with Crippen LogP contribution in [0, 0.1) is 0 Å². The molecular formula is C9H20IN5. The van der Waals surface area contributed by atoms with Gasteiger partial charge in [0.1, 0.15) is 0 Å². The van der Waals surface area contributed by atoms with E-state index >= 15 is 0 Å². The number of hydrogen-bond acceptors (Lipinski definition) is 3. The summed E-state index contributed by atoms with van der Waals surface area (Å²) in [7, 11) is 0. The summed E-state index contributed by atoms with van der Waals surface area (Å²) in [4.78, 5) is 0. The minimum absolute atomic E-state index is 0. The van der Waals surface area contributed by atoms with E-state index in [2.05, 4.69) is 20.7 Å². The maximum atomic E-state index is 5.50. The second-order valence-corrected chi connectivity index (χ2v) is 2.99. The molecule has 0 saturated carbocycles. The van der Waals surface area contributed by atoms with E-state index in [1.165, 1.54) is 0 Å². The normalized spacial score (nSPS) is 13.5. The first-order valence-electron chi connectivity index (χ1n) is 4.75. The first kappa shape index (κ1) is 16.8. The number of hydrazone groups is 1. The Labute approximate surface area is 108 Å². The second kappa shape index (κ2) is 9.88. The van der Waals surface area contributed by atoms with E-state index in [0.717, 1.165) is 24.3 Å². The summed E-state index contributed by atoms with van der Waals surface area (Å²) in [5.41, 5.74) is 10.0. The molecule has 0 aromatic heterocycles. The lowest BCUT2D eigenvalue weighted by atomic mass is 10.3. The lowest BCUT2D eigenvalue weighted by molar-refractivity contribution is 0.968. The van der Waals surface area contributed by atoms with Crippen molar-refractivity contribution in [2.24, 2.45) is 21.0 Å². The zero-order valence-electron chi connectivity index (χ0n) is 9.74. The van der Waals surface area contributed by atoms with Crippen LogP contribution in [-0.2, 0) is 0 Å². The van der Waals surface area contributed by atoms with Gasteiger partial charge >= 0.3 is 0 Å². The fourth-order valence-electron chi connectivity index (χ4n) is 0.464. The smallest absolute Gasteiger partial charge is 0.234 e. The van der Waals surface area contributed by atoms with Gasteiger partial charge in [-0.15, -0.1) is 29.1 Å². The van der Waals surface area contributed by atoms with Gasteiger partial charge in [0.15, 0.2) is 0 Å². The average Bonchev–Trinajstić information content (AvgIpc) is 2.22. The summed E-state index contributed by atoms with van der Waals surface area (Å²) < 4.78 is 0. The fraction of sp³-hybridized carbons (Fsp3) is 0.667.